The number of methoxy groups -OCH3 is 1. The number of hydrogen-bond acceptors (Lipinski definition) is 4. The molecule has 0 atom stereocenters. The Morgan fingerprint density at radius 3 is 2.62 bits per heavy atom. The van der Waals surface area contributed by atoms with Crippen LogP contribution in [0.5, 0.6) is 5.75 Å². The standard InChI is InChI=1S/C21H21N3O2/c1-15-7-9-16(10-8-15)14-23-17-11-12-22-19(13-17)21(25)24-18-5-3-4-6-20(18)26-2/h3-13H,14H2,1-2H3,(H,22,23)(H,24,25). The van der Waals surface area contributed by atoms with Crippen molar-refractivity contribution in [2.45, 2.75) is 13.5 Å². The number of carbonyl (C=O) groups excluding carboxylic acids is 1. The van der Waals surface area contributed by atoms with Gasteiger partial charge in [-0.2, -0.15) is 0 Å². The number of rotatable bonds is 6. The van der Waals surface area contributed by atoms with E-state index in [0.717, 1.165) is 5.69 Å². The summed E-state index contributed by atoms with van der Waals surface area (Å²) >= 11 is 0. The molecule has 1 amide bonds. The topological polar surface area (TPSA) is 63.2 Å². The molecule has 0 aliphatic heterocycles. The van der Waals surface area contributed by atoms with Crippen LogP contribution in [0.25, 0.3) is 0 Å². The molecular formula is C21H21N3O2. The maximum absolute atomic E-state index is 12.5. The smallest absolute Gasteiger partial charge is 0.274 e. The summed E-state index contributed by atoms with van der Waals surface area (Å²) in [4.78, 5) is 16.7. The number of hydrogen-bond donors (Lipinski definition) is 2. The lowest BCUT2D eigenvalue weighted by atomic mass is 10.1. The maximum Gasteiger partial charge on any atom is 0.274 e. The molecule has 0 spiro atoms. The van der Waals surface area contributed by atoms with Crippen molar-refractivity contribution in [2.75, 3.05) is 17.7 Å². The van der Waals surface area contributed by atoms with Gasteiger partial charge in [-0.25, -0.2) is 0 Å². The highest BCUT2D eigenvalue weighted by atomic mass is 16.5. The van der Waals surface area contributed by atoms with Gasteiger partial charge in [0, 0.05) is 18.4 Å². The van der Waals surface area contributed by atoms with Crippen LogP contribution >= 0.6 is 0 Å². The molecule has 3 rings (SSSR count). The molecule has 0 bridgehead atoms. The van der Waals surface area contributed by atoms with Crippen molar-refractivity contribution in [2.24, 2.45) is 0 Å². The van der Waals surface area contributed by atoms with Gasteiger partial charge in [-0.1, -0.05) is 42.0 Å². The van der Waals surface area contributed by atoms with Crippen molar-refractivity contribution in [1.82, 2.24) is 4.98 Å². The second-order valence-electron chi connectivity index (χ2n) is 5.92. The lowest BCUT2D eigenvalue weighted by Crippen LogP contribution is -2.14. The van der Waals surface area contributed by atoms with Gasteiger partial charge in [-0.05, 0) is 36.8 Å². The molecule has 1 heterocycles. The van der Waals surface area contributed by atoms with Gasteiger partial charge in [0.15, 0.2) is 0 Å². The molecule has 0 aliphatic rings. The fourth-order valence-corrected chi connectivity index (χ4v) is 2.51. The highest BCUT2D eigenvalue weighted by molar-refractivity contribution is 6.04. The van der Waals surface area contributed by atoms with E-state index in [1.807, 2.05) is 18.2 Å². The van der Waals surface area contributed by atoms with E-state index in [9.17, 15) is 4.79 Å². The van der Waals surface area contributed by atoms with Gasteiger partial charge in [0.1, 0.15) is 11.4 Å². The lowest BCUT2D eigenvalue weighted by molar-refractivity contribution is 0.102. The van der Waals surface area contributed by atoms with Crippen LogP contribution in [0, 0.1) is 6.92 Å². The van der Waals surface area contributed by atoms with Crippen LogP contribution in [0.15, 0.2) is 66.9 Å². The van der Waals surface area contributed by atoms with Crippen molar-refractivity contribution >= 4 is 17.3 Å². The number of amides is 1. The Morgan fingerprint density at radius 2 is 1.85 bits per heavy atom. The number of carbonyl (C=O) groups is 1. The first kappa shape index (κ1) is 17.5. The van der Waals surface area contributed by atoms with E-state index in [1.165, 1.54) is 11.1 Å². The third-order valence-electron chi connectivity index (χ3n) is 3.96. The molecule has 0 unspecified atom stereocenters. The summed E-state index contributed by atoms with van der Waals surface area (Å²) < 4.78 is 5.25. The number of para-hydroxylation sites is 2. The van der Waals surface area contributed by atoms with E-state index in [1.54, 1.807) is 31.5 Å². The van der Waals surface area contributed by atoms with Crippen LogP contribution < -0.4 is 15.4 Å². The van der Waals surface area contributed by atoms with Crippen LogP contribution in [0.1, 0.15) is 21.6 Å². The molecule has 0 saturated carbocycles. The molecule has 2 N–H and O–H groups in total. The second kappa shape index (κ2) is 8.16. The number of nitrogens with zero attached hydrogens (tertiary/aromatic N) is 1. The third kappa shape index (κ3) is 4.39. The van der Waals surface area contributed by atoms with E-state index < -0.39 is 0 Å². The fourth-order valence-electron chi connectivity index (χ4n) is 2.51. The molecule has 1 aromatic heterocycles. The first-order valence-corrected chi connectivity index (χ1v) is 8.35. The zero-order valence-corrected chi connectivity index (χ0v) is 14.8. The quantitative estimate of drug-likeness (QED) is 0.699. The SMILES string of the molecule is COc1ccccc1NC(=O)c1cc(NCc2ccc(C)cc2)ccn1. The summed E-state index contributed by atoms with van der Waals surface area (Å²) in [7, 11) is 1.57. The Kier molecular flexibility index (Phi) is 5.49. The molecule has 3 aromatic rings. The predicted molar refractivity (Wildman–Crippen MR) is 104 cm³/mol. The zero-order chi connectivity index (χ0) is 18.4. The Hall–Kier alpha value is -3.34. The van der Waals surface area contributed by atoms with Gasteiger partial charge in [0.2, 0.25) is 0 Å². The monoisotopic (exact) mass is 347 g/mol. The van der Waals surface area contributed by atoms with Gasteiger partial charge in [0.25, 0.3) is 5.91 Å². The average molecular weight is 347 g/mol. The van der Waals surface area contributed by atoms with Gasteiger partial charge >= 0.3 is 0 Å². The minimum absolute atomic E-state index is 0.284. The highest BCUT2D eigenvalue weighted by Gasteiger charge is 2.11. The van der Waals surface area contributed by atoms with E-state index in [2.05, 4.69) is 46.8 Å². The number of anilines is 2. The second-order valence-corrected chi connectivity index (χ2v) is 5.92. The summed E-state index contributed by atoms with van der Waals surface area (Å²) in [6.07, 6.45) is 1.62. The number of pyridine rings is 1. The van der Waals surface area contributed by atoms with Gasteiger partial charge in [-0.3, -0.25) is 9.78 Å². The van der Waals surface area contributed by atoms with Crippen molar-refractivity contribution in [3.63, 3.8) is 0 Å². The summed E-state index contributed by atoms with van der Waals surface area (Å²) in [6, 6.07) is 19.2. The predicted octanol–water partition coefficient (Wildman–Crippen LogP) is 4.26. The molecule has 0 aliphatic carbocycles. The Bertz CT molecular complexity index is 892. The normalized spacial score (nSPS) is 10.2. The Morgan fingerprint density at radius 1 is 1.08 bits per heavy atom. The van der Waals surface area contributed by atoms with E-state index in [0.29, 0.717) is 23.7 Å². The average Bonchev–Trinajstić information content (AvgIpc) is 2.68. The maximum atomic E-state index is 12.5. The molecule has 0 saturated heterocycles. The summed E-state index contributed by atoms with van der Waals surface area (Å²) in [5, 5.41) is 6.15. The number of ether oxygens (including phenoxy) is 1. The molecule has 0 fully saturated rings. The van der Waals surface area contributed by atoms with Crippen LogP contribution in [-0.2, 0) is 6.54 Å². The number of nitrogens with one attached hydrogen (secondary N) is 2. The summed E-state index contributed by atoms with van der Waals surface area (Å²) in [5.41, 5.74) is 4.19. The van der Waals surface area contributed by atoms with Crippen molar-refractivity contribution in [3.8, 4) is 5.75 Å². The van der Waals surface area contributed by atoms with Gasteiger partial charge < -0.3 is 15.4 Å². The van der Waals surface area contributed by atoms with E-state index in [4.69, 9.17) is 4.74 Å². The fraction of sp³-hybridized carbons (Fsp3) is 0.143. The van der Waals surface area contributed by atoms with E-state index >= 15 is 0 Å². The number of aryl methyl sites for hydroxylation is 1. The molecule has 2 aromatic carbocycles. The minimum atomic E-state index is -0.284. The molecule has 132 valence electrons. The van der Waals surface area contributed by atoms with Crippen LogP contribution in [0.2, 0.25) is 0 Å². The summed E-state index contributed by atoms with van der Waals surface area (Å²) in [6.45, 7) is 2.74. The Labute approximate surface area is 153 Å². The van der Waals surface area contributed by atoms with Crippen LogP contribution in [-0.4, -0.2) is 18.0 Å². The van der Waals surface area contributed by atoms with Gasteiger partial charge in [0.05, 0.1) is 12.8 Å². The third-order valence-corrected chi connectivity index (χ3v) is 3.96. The highest BCUT2D eigenvalue weighted by Crippen LogP contribution is 2.23. The van der Waals surface area contributed by atoms with E-state index in [-0.39, 0.29) is 5.91 Å². The van der Waals surface area contributed by atoms with Gasteiger partial charge in [-0.15, -0.1) is 0 Å². The largest absolute Gasteiger partial charge is 0.495 e. The van der Waals surface area contributed by atoms with Crippen molar-refractivity contribution < 1.29 is 9.53 Å². The minimum Gasteiger partial charge on any atom is -0.495 e. The molecule has 5 nitrogen and oxygen atoms in total. The molecule has 0 radical (unpaired) electrons. The van der Waals surface area contributed by atoms with Crippen molar-refractivity contribution in [3.05, 3.63) is 83.7 Å². The Balaban J connectivity index is 1.68. The zero-order valence-electron chi connectivity index (χ0n) is 14.8. The lowest BCUT2D eigenvalue weighted by Gasteiger charge is -2.11. The first-order valence-electron chi connectivity index (χ1n) is 8.35. The number of benzene rings is 2. The molecule has 5 heteroatoms. The number of aromatic nitrogens is 1. The van der Waals surface area contributed by atoms with Crippen LogP contribution in [0.4, 0.5) is 11.4 Å². The van der Waals surface area contributed by atoms with Crippen LogP contribution in [0.3, 0.4) is 0 Å². The molecular weight excluding hydrogens is 326 g/mol. The molecule has 26 heavy (non-hydrogen) atoms. The summed E-state index contributed by atoms with van der Waals surface area (Å²) in [5.74, 6) is 0.322. The first-order chi connectivity index (χ1) is 12.7. The van der Waals surface area contributed by atoms with Crippen molar-refractivity contribution in [1.29, 1.82) is 0 Å².